The summed E-state index contributed by atoms with van der Waals surface area (Å²) in [4.78, 5) is 2.51. The number of rotatable bonds is 3. The summed E-state index contributed by atoms with van der Waals surface area (Å²) < 4.78 is 12.4. The van der Waals surface area contributed by atoms with Crippen molar-refractivity contribution in [1.82, 2.24) is 9.91 Å². The van der Waals surface area contributed by atoms with Crippen molar-refractivity contribution in [2.24, 2.45) is 5.10 Å². The predicted octanol–water partition coefficient (Wildman–Crippen LogP) is 5.09. The van der Waals surface area contributed by atoms with Crippen LogP contribution in [0.1, 0.15) is 50.3 Å². The normalized spacial score (nSPS) is 22.5. The first-order chi connectivity index (χ1) is 14.5. The second-order valence-corrected chi connectivity index (χ2v) is 9.05. The van der Waals surface area contributed by atoms with Gasteiger partial charge in [-0.05, 0) is 26.0 Å². The fourth-order valence-corrected chi connectivity index (χ4v) is 5.25. The number of likely N-dealkylation sites (tertiary alicyclic amines) is 1. The number of hydrogen-bond donors (Lipinski definition) is 0. The Bertz CT molecular complexity index is 982. The van der Waals surface area contributed by atoms with Gasteiger partial charge >= 0.3 is 0 Å². The number of methoxy groups -OCH3 is 1. The van der Waals surface area contributed by atoms with E-state index < -0.39 is 5.72 Å². The molecule has 5 nitrogen and oxygen atoms in total. The van der Waals surface area contributed by atoms with Crippen LogP contribution in [0, 0.1) is 0 Å². The number of ether oxygens (including phenoxy) is 2. The molecule has 1 spiro atoms. The van der Waals surface area contributed by atoms with Crippen molar-refractivity contribution in [2.75, 3.05) is 20.2 Å². The van der Waals surface area contributed by atoms with Crippen LogP contribution < -0.4 is 9.47 Å². The van der Waals surface area contributed by atoms with Crippen LogP contribution in [0.3, 0.4) is 0 Å². The highest BCUT2D eigenvalue weighted by Crippen LogP contribution is 2.53. The summed E-state index contributed by atoms with van der Waals surface area (Å²) in [5, 5.41) is 8.09. The maximum atomic E-state index is 6.77. The van der Waals surface area contributed by atoms with Crippen molar-refractivity contribution in [1.29, 1.82) is 0 Å². The zero-order chi connectivity index (χ0) is 20.9. The Balaban J connectivity index is 1.58. The van der Waals surface area contributed by atoms with E-state index in [1.54, 1.807) is 7.11 Å². The second kappa shape index (κ2) is 7.47. The number of halogens is 1. The molecule has 0 amide bonds. The van der Waals surface area contributed by atoms with Crippen molar-refractivity contribution < 1.29 is 9.47 Å². The standard InChI is InChI=1S/C24H28ClN3O2/c1-16(2)27-13-11-24(12-14-27)28-21(18-8-6-10-22(29-3)23(18)30-24)15-20(26-28)17-7-4-5-9-19(17)25/h4-10,16,21H,11-15H2,1-3H3/t21-/m1/s1. The van der Waals surface area contributed by atoms with E-state index >= 15 is 0 Å². The molecule has 2 aromatic rings. The lowest BCUT2D eigenvalue weighted by Crippen LogP contribution is -2.59. The molecule has 2 aromatic carbocycles. The van der Waals surface area contributed by atoms with Crippen molar-refractivity contribution >= 4 is 17.3 Å². The number of nitrogens with zero attached hydrogens (tertiary/aromatic N) is 3. The first-order valence-electron chi connectivity index (χ1n) is 10.7. The van der Waals surface area contributed by atoms with Gasteiger partial charge in [-0.3, -0.25) is 0 Å². The largest absolute Gasteiger partial charge is 0.493 e. The minimum atomic E-state index is -0.458. The van der Waals surface area contributed by atoms with Crippen molar-refractivity contribution in [2.45, 2.75) is 50.9 Å². The molecule has 0 N–H and O–H groups in total. The number of para-hydroxylation sites is 1. The van der Waals surface area contributed by atoms with Gasteiger partial charge in [-0.15, -0.1) is 0 Å². The third-order valence-electron chi connectivity index (χ3n) is 6.70. The number of piperidine rings is 1. The lowest BCUT2D eigenvalue weighted by molar-refractivity contribution is -0.153. The number of benzene rings is 2. The quantitative estimate of drug-likeness (QED) is 0.686. The van der Waals surface area contributed by atoms with Gasteiger partial charge in [-0.25, -0.2) is 5.01 Å². The number of fused-ring (bicyclic) bond motifs is 4. The minimum Gasteiger partial charge on any atom is -0.493 e. The molecule has 5 rings (SSSR count). The Morgan fingerprint density at radius 2 is 1.90 bits per heavy atom. The van der Waals surface area contributed by atoms with E-state index in [9.17, 15) is 0 Å². The maximum absolute atomic E-state index is 6.77. The minimum absolute atomic E-state index is 0.126. The molecule has 1 fully saturated rings. The molecule has 0 radical (unpaired) electrons. The molecule has 3 aliphatic heterocycles. The fourth-order valence-electron chi connectivity index (χ4n) is 5.01. The Morgan fingerprint density at radius 3 is 2.60 bits per heavy atom. The first-order valence-corrected chi connectivity index (χ1v) is 11.1. The highest BCUT2D eigenvalue weighted by Gasteiger charge is 2.52. The lowest BCUT2D eigenvalue weighted by Gasteiger charge is -2.51. The Morgan fingerprint density at radius 1 is 1.13 bits per heavy atom. The monoisotopic (exact) mass is 425 g/mol. The topological polar surface area (TPSA) is 37.3 Å². The molecule has 0 saturated carbocycles. The molecule has 1 saturated heterocycles. The molecule has 3 aliphatic rings. The average molecular weight is 426 g/mol. The van der Waals surface area contributed by atoms with Crippen LogP contribution in [0.4, 0.5) is 0 Å². The van der Waals surface area contributed by atoms with Crippen molar-refractivity contribution in [3.8, 4) is 11.5 Å². The molecular weight excluding hydrogens is 398 g/mol. The molecule has 158 valence electrons. The molecule has 0 bridgehead atoms. The van der Waals surface area contributed by atoms with Crippen LogP contribution in [-0.2, 0) is 0 Å². The van der Waals surface area contributed by atoms with E-state index in [4.69, 9.17) is 26.2 Å². The van der Waals surface area contributed by atoms with E-state index in [-0.39, 0.29) is 6.04 Å². The van der Waals surface area contributed by atoms with Gasteiger partial charge in [0.25, 0.3) is 0 Å². The Hall–Kier alpha value is -2.24. The second-order valence-electron chi connectivity index (χ2n) is 8.65. The molecule has 0 aliphatic carbocycles. The Kier molecular flexibility index (Phi) is 4.91. The van der Waals surface area contributed by atoms with E-state index in [0.29, 0.717) is 6.04 Å². The van der Waals surface area contributed by atoms with E-state index in [2.05, 4.69) is 35.9 Å². The van der Waals surface area contributed by atoms with Gasteiger partial charge in [-0.1, -0.05) is 41.9 Å². The summed E-state index contributed by atoms with van der Waals surface area (Å²) in [6.45, 7) is 6.49. The molecule has 3 heterocycles. The summed E-state index contributed by atoms with van der Waals surface area (Å²) in [7, 11) is 1.71. The SMILES string of the molecule is COc1cccc2c1OC1(CCN(C(C)C)CC1)N1N=C(c3ccccc3Cl)C[C@H]21. The van der Waals surface area contributed by atoms with Gasteiger partial charge in [0, 0.05) is 54.5 Å². The zero-order valence-electron chi connectivity index (χ0n) is 17.8. The van der Waals surface area contributed by atoms with Gasteiger partial charge in [0.2, 0.25) is 5.72 Å². The number of hydrazone groups is 1. The van der Waals surface area contributed by atoms with Crippen LogP contribution >= 0.6 is 11.6 Å². The van der Waals surface area contributed by atoms with Crippen molar-refractivity contribution in [3.63, 3.8) is 0 Å². The van der Waals surface area contributed by atoms with E-state index in [1.165, 1.54) is 0 Å². The fraction of sp³-hybridized carbons (Fsp3) is 0.458. The summed E-state index contributed by atoms with van der Waals surface area (Å²) in [5.74, 6) is 1.67. The van der Waals surface area contributed by atoms with Gasteiger partial charge in [0.15, 0.2) is 11.5 Å². The number of hydrogen-bond acceptors (Lipinski definition) is 5. The van der Waals surface area contributed by atoms with Crippen molar-refractivity contribution in [3.05, 3.63) is 58.6 Å². The molecular formula is C24H28ClN3O2. The lowest BCUT2D eigenvalue weighted by atomic mass is 9.90. The Labute approximate surface area is 183 Å². The molecule has 6 heteroatoms. The molecule has 0 unspecified atom stereocenters. The van der Waals surface area contributed by atoms with E-state index in [1.807, 2.05) is 30.3 Å². The van der Waals surface area contributed by atoms with Crippen LogP contribution in [0.25, 0.3) is 0 Å². The van der Waals surface area contributed by atoms with Gasteiger partial charge in [-0.2, -0.15) is 5.10 Å². The van der Waals surface area contributed by atoms with Crippen LogP contribution in [0.2, 0.25) is 5.02 Å². The summed E-state index contributed by atoms with van der Waals surface area (Å²) in [6.07, 6.45) is 2.61. The highest BCUT2D eigenvalue weighted by molar-refractivity contribution is 6.34. The zero-order valence-corrected chi connectivity index (χ0v) is 18.5. The van der Waals surface area contributed by atoms with E-state index in [0.717, 1.165) is 65.7 Å². The van der Waals surface area contributed by atoms with Crippen LogP contribution in [-0.4, -0.2) is 47.6 Å². The first kappa shape index (κ1) is 19.7. The van der Waals surface area contributed by atoms with Crippen LogP contribution in [0.5, 0.6) is 11.5 Å². The third kappa shape index (κ3) is 3.07. The van der Waals surface area contributed by atoms with Gasteiger partial charge in [0.05, 0.1) is 18.9 Å². The van der Waals surface area contributed by atoms with Gasteiger partial charge < -0.3 is 14.4 Å². The third-order valence-corrected chi connectivity index (χ3v) is 7.03. The van der Waals surface area contributed by atoms with Gasteiger partial charge in [0.1, 0.15) is 0 Å². The molecule has 1 atom stereocenters. The summed E-state index contributed by atoms with van der Waals surface area (Å²) >= 11 is 6.52. The highest BCUT2D eigenvalue weighted by atomic mass is 35.5. The van der Waals surface area contributed by atoms with Crippen LogP contribution in [0.15, 0.2) is 47.6 Å². The molecule has 0 aromatic heterocycles. The summed E-state index contributed by atoms with van der Waals surface area (Å²) in [6, 6.07) is 14.8. The summed E-state index contributed by atoms with van der Waals surface area (Å²) in [5.41, 5.74) is 2.71. The smallest absolute Gasteiger partial charge is 0.200 e. The molecule has 30 heavy (non-hydrogen) atoms. The maximum Gasteiger partial charge on any atom is 0.200 e. The average Bonchev–Trinajstić information content (AvgIpc) is 3.21. The predicted molar refractivity (Wildman–Crippen MR) is 119 cm³/mol.